The van der Waals surface area contributed by atoms with Gasteiger partial charge in [-0.25, -0.2) is 4.98 Å². The molecule has 3 aromatic heterocycles. The number of piperidine rings is 1. The zero-order valence-corrected chi connectivity index (χ0v) is 20.9. The average Bonchev–Trinajstić information content (AvgIpc) is 3.47. The lowest BCUT2D eigenvalue weighted by Gasteiger charge is -2.23. The molecule has 0 spiro atoms. The van der Waals surface area contributed by atoms with Crippen molar-refractivity contribution < 1.29 is 9.21 Å². The van der Waals surface area contributed by atoms with E-state index in [-0.39, 0.29) is 5.91 Å². The number of benzene rings is 1. The van der Waals surface area contributed by atoms with Crippen molar-refractivity contribution >= 4 is 16.8 Å². The molecule has 1 unspecified atom stereocenters. The number of carbonyl (C=O) groups excluding carboxylic acids is 1. The molecule has 3 N–H and O–H groups in total. The van der Waals surface area contributed by atoms with Gasteiger partial charge < -0.3 is 20.0 Å². The normalized spacial score (nSPS) is 16.2. The first kappa shape index (κ1) is 23.3. The Labute approximate surface area is 205 Å². The van der Waals surface area contributed by atoms with E-state index in [9.17, 15) is 4.79 Å². The minimum Gasteiger partial charge on any atom is -0.444 e. The summed E-state index contributed by atoms with van der Waals surface area (Å²) >= 11 is 0. The van der Waals surface area contributed by atoms with Crippen LogP contribution in [-0.2, 0) is 0 Å². The van der Waals surface area contributed by atoms with Gasteiger partial charge in [-0.15, -0.1) is 0 Å². The molecule has 7 heteroatoms. The van der Waals surface area contributed by atoms with Gasteiger partial charge in [0.2, 0.25) is 5.89 Å². The number of hydrogen-bond donors (Lipinski definition) is 3. The number of oxazole rings is 1. The van der Waals surface area contributed by atoms with E-state index in [0.717, 1.165) is 52.1 Å². The second-order valence-corrected chi connectivity index (χ2v) is 9.86. The van der Waals surface area contributed by atoms with Crippen LogP contribution in [0.25, 0.3) is 33.6 Å². The Kier molecular flexibility index (Phi) is 6.43. The van der Waals surface area contributed by atoms with Crippen LogP contribution < -0.4 is 10.6 Å². The van der Waals surface area contributed by atoms with Gasteiger partial charge in [0.05, 0.1) is 5.69 Å². The van der Waals surface area contributed by atoms with Crippen LogP contribution in [0.3, 0.4) is 0 Å². The topological polar surface area (TPSA) is 95.8 Å². The van der Waals surface area contributed by atoms with Crippen molar-refractivity contribution in [2.75, 3.05) is 13.1 Å². The van der Waals surface area contributed by atoms with Gasteiger partial charge in [-0.1, -0.05) is 20.3 Å². The zero-order chi connectivity index (χ0) is 24.5. The summed E-state index contributed by atoms with van der Waals surface area (Å²) in [5.41, 5.74) is 7.71. The highest BCUT2D eigenvalue weighted by atomic mass is 16.3. The summed E-state index contributed by atoms with van der Waals surface area (Å²) in [5.74, 6) is 0.548. The minimum absolute atomic E-state index is 0.205. The molecule has 1 fully saturated rings. The van der Waals surface area contributed by atoms with Crippen LogP contribution in [0.4, 0.5) is 0 Å². The number of fused-ring (bicyclic) bond motifs is 1. The number of aryl methyl sites for hydroxylation is 2. The molecule has 0 bridgehead atoms. The SMILES string of the molecule is Cc1cc(-c2[nH]c3ccc(-c4nc(C(=O)NCC5CCCCN5)co4)cc3c2C(C)C)cc(C)n1. The molecule has 35 heavy (non-hydrogen) atoms. The van der Waals surface area contributed by atoms with Gasteiger partial charge in [-0.05, 0) is 75.0 Å². The Morgan fingerprint density at radius 3 is 2.63 bits per heavy atom. The summed E-state index contributed by atoms with van der Waals surface area (Å²) < 4.78 is 5.73. The Morgan fingerprint density at radius 2 is 1.91 bits per heavy atom. The number of rotatable bonds is 6. The van der Waals surface area contributed by atoms with E-state index in [4.69, 9.17) is 4.42 Å². The summed E-state index contributed by atoms with van der Waals surface area (Å²) in [4.78, 5) is 25.3. The molecule has 1 aromatic carbocycles. The monoisotopic (exact) mass is 471 g/mol. The lowest BCUT2D eigenvalue weighted by atomic mass is 9.95. The maximum absolute atomic E-state index is 12.6. The highest BCUT2D eigenvalue weighted by molar-refractivity contribution is 5.95. The number of nitrogens with zero attached hydrogens (tertiary/aromatic N) is 2. The van der Waals surface area contributed by atoms with Crippen molar-refractivity contribution in [3.8, 4) is 22.7 Å². The number of pyridine rings is 1. The molecule has 5 rings (SSSR count). The summed E-state index contributed by atoms with van der Waals surface area (Å²) in [6.07, 6.45) is 4.92. The van der Waals surface area contributed by atoms with E-state index in [2.05, 4.69) is 63.7 Å². The van der Waals surface area contributed by atoms with E-state index in [1.165, 1.54) is 24.7 Å². The molecular formula is C28H33N5O2. The van der Waals surface area contributed by atoms with Gasteiger partial charge in [0, 0.05) is 46.0 Å². The van der Waals surface area contributed by atoms with Crippen LogP contribution in [0.2, 0.25) is 0 Å². The molecule has 4 aromatic rings. The number of amides is 1. The van der Waals surface area contributed by atoms with Crippen LogP contribution in [0.1, 0.15) is 66.5 Å². The smallest absolute Gasteiger partial charge is 0.273 e. The molecule has 7 nitrogen and oxygen atoms in total. The third-order valence-corrected chi connectivity index (χ3v) is 6.69. The van der Waals surface area contributed by atoms with Gasteiger partial charge in [-0.3, -0.25) is 9.78 Å². The number of aromatic amines is 1. The molecular weight excluding hydrogens is 438 g/mol. The Hall–Kier alpha value is -3.45. The van der Waals surface area contributed by atoms with Crippen molar-refractivity contribution in [2.24, 2.45) is 0 Å². The van der Waals surface area contributed by atoms with Gasteiger partial charge in [-0.2, -0.15) is 0 Å². The molecule has 0 saturated carbocycles. The molecule has 1 saturated heterocycles. The molecule has 0 radical (unpaired) electrons. The summed E-state index contributed by atoms with van der Waals surface area (Å²) in [6, 6.07) is 10.7. The van der Waals surface area contributed by atoms with Crippen molar-refractivity contribution in [3.05, 3.63) is 59.2 Å². The van der Waals surface area contributed by atoms with Crippen LogP contribution in [0.5, 0.6) is 0 Å². The maximum atomic E-state index is 12.6. The predicted molar refractivity (Wildman–Crippen MR) is 139 cm³/mol. The second kappa shape index (κ2) is 9.66. The Bertz CT molecular complexity index is 1340. The molecule has 1 aliphatic heterocycles. The van der Waals surface area contributed by atoms with Gasteiger partial charge >= 0.3 is 0 Å². The second-order valence-electron chi connectivity index (χ2n) is 9.86. The fraction of sp³-hybridized carbons (Fsp3) is 0.393. The lowest BCUT2D eigenvalue weighted by Crippen LogP contribution is -2.43. The van der Waals surface area contributed by atoms with E-state index >= 15 is 0 Å². The molecule has 1 aliphatic rings. The fourth-order valence-corrected chi connectivity index (χ4v) is 5.07. The number of aromatic nitrogens is 3. The molecule has 1 atom stereocenters. The Morgan fingerprint density at radius 1 is 1.11 bits per heavy atom. The summed E-state index contributed by atoms with van der Waals surface area (Å²) in [7, 11) is 0. The highest BCUT2D eigenvalue weighted by Gasteiger charge is 2.20. The van der Waals surface area contributed by atoms with Crippen molar-refractivity contribution in [2.45, 2.75) is 58.9 Å². The van der Waals surface area contributed by atoms with Crippen LogP contribution in [-0.4, -0.2) is 40.0 Å². The largest absolute Gasteiger partial charge is 0.444 e. The van der Waals surface area contributed by atoms with Crippen LogP contribution >= 0.6 is 0 Å². The number of H-pyrrole nitrogens is 1. The van der Waals surface area contributed by atoms with E-state index < -0.39 is 0 Å². The van der Waals surface area contributed by atoms with E-state index in [1.54, 1.807) is 0 Å². The highest BCUT2D eigenvalue weighted by Crippen LogP contribution is 2.37. The zero-order valence-electron chi connectivity index (χ0n) is 20.9. The molecule has 182 valence electrons. The van der Waals surface area contributed by atoms with E-state index in [1.807, 2.05) is 19.9 Å². The van der Waals surface area contributed by atoms with Crippen molar-refractivity contribution in [3.63, 3.8) is 0 Å². The van der Waals surface area contributed by atoms with E-state index in [0.29, 0.717) is 30.1 Å². The van der Waals surface area contributed by atoms with Gasteiger partial charge in [0.15, 0.2) is 5.69 Å². The maximum Gasteiger partial charge on any atom is 0.273 e. The standard InChI is InChI=1S/C28H33N5O2/c1-16(2)25-22-13-19(8-9-23(22)32-26(25)20-11-17(3)31-18(4)12-20)28-33-24(15-35-28)27(34)30-14-21-7-5-6-10-29-21/h8-9,11-13,15-16,21,29,32H,5-7,10,14H2,1-4H3,(H,30,34). The third kappa shape index (κ3) is 4.86. The molecule has 0 aliphatic carbocycles. The lowest BCUT2D eigenvalue weighted by molar-refractivity contribution is 0.0942. The molecule has 4 heterocycles. The Balaban J connectivity index is 1.43. The first-order valence-corrected chi connectivity index (χ1v) is 12.5. The first-order chi connectivity index (χ1) is 16.9. The summed E-state index contributed by atoms with van der Waals surface area (Å²) in [5, 5.41) is 7.56. The van der Waals surface area contributed by atoms with Crippen molar-refractivity contribution in [1.29, 1.82) is 0 Å². The predicted octanol–water partition coefficient (Wildman–Crippen LogP) is 5.50. The number of hydrogen-bond acceptors (Lipinski definition) is 5. The average molecular weight is 472 g/mol. The number of nitrogens with one attached hydrogen (secondary N) is 3. The van der Waals surface area contributed by atoms with Crippen molar-refractivity contribution in [1.82, 2.24) is 25.6 Å². The quantitative estimate of drug-likeness (QED) is 0.345. The van der Waals surface area contributed by atoms with Crippen LogP contribution in [0, 0.1) is 13.8 Å². The van der Waals surface area contributed by atoms with Gasteiger partial charge in [0.1, 0.15) is 6.26 Å². The first-order valence-electron chi connectivity index (χ1n) is 12.5. The summed E-state index contributed by atoms with van der Waals surface area (Å²) in [6.45, 7) is 10.1. The van der Waals surface area contributed by atoms with Gasteiger partial charge in [0.25, 0.3) is 5.91 Å². The molecule has 1 amide bonds. The van der Waals surface area contributed by atoms with Crippen LogP contribution in [0.15, 0.2) is 41.0 Å². The number of carbonyl (C=O) groups is 1. The third-order valence-electron chi connectivity index (χ3n) is 6.69. The fourth-order valence-electron chi connectivity index (χ4n) is 5.07. The minimum atomic E-state index is -0.205.